The average molecular weight is 241 g/mol. The largest absolute Gasteiger partial charge is 0.497 e. The molecular formula is C16H19NO. The zero-order valence-corrected chi connectivity index (χ0v) is 10.7. The molecule has 0 fully saturated rings. The van der Waals surface area contributed by atoms with Gasteiger partial charge >= 0.3 is 0 Å². The molecule has 0 amide bonds. The van der Waals surface area contributed by atoms with Crippen LogP contribution in [0.3, 0.4) is 0 Å². The van der Waals surface area contributed by atoms with Gasteiger partial charge in [0, 0.05) is 5.69 Å². The molecule has 2 aromatic carbocycles. The number of aryl methyl sites for hydroxylation is 2. The van der Waals surface area contributed by atoms with Crippen LogP contribution in [0, 0.1) is 0 Å². The van der Waals surface area contributed by atoms with E-state index in [1.54, 1.807) is 7.11 Å². The number of hydrogen-bond acceptors (Lipinski definition) is 2. The van der Waals surface area contributed by atoms with Crippen molar-refractivity contribution in [2.24, 2.45) is 0 Å². The van der Waals surface area contributed by atoms with Crippen LogP contribution in [0.15, 0.2) is 48.5 Å². The van der Waals surface area contributed by atoms with Crippen molar-refractivity contribution >= 4 is 5.69 Å². The van der Waals surface area contributed by atoms with Crippen molar-refractivity contribution in [1.29, 1.82) is 0 Å². The minimum absolute atomic E-state index is 0.842. The number of nitrogens with two attached hydrogens (primary N) is 1. The van der Waals surface area contributed by atoms with Crippen LogP contribution in [-0.4, -0.2) is 7.11 Å². The van der Waals surface area contributed by atoms with E-state index in [2.05, 4.69) is 18.2 Å². The minimum atomic E-state index is 0.842. The molecule has 94 valence electrons. The van der Waals surface area contributed by atoms with Gasteiger partial charge in [0.2, 0.25) is 0 Å². The second kappa shape index (κ2) is 6.10. The third kappa shape index (κ3) is 3.52. The van der Waals surface area contributed by atoms with Crippen molar-refractivity contribution in [2.45, 2.75) is 19.3 Å². The summed E-state index contributed by atoms with van der Waals surface area (Å²) in [4.78, 5) is 0. The summed E-state index contributed by atoms with van der Waals surface area (Å²) in [5.41, 5.74) is 9.23. The van der Waals surface area contributed by atoms with Crippen LogP contribution in [-0.2, 0) is 12.8 Å². The summed E-state index contributed by atoms with van der Waals surface area (Å²) in [6, 6.07) is 16.4. The molecule has 2 N–H and O–H groups in total. The zero-order valence-electron chi connectivity index (χ0n) is 10.7. The number of methoxy groups -OCH3 is 1. The Morgan fingerprint density at radius 1 is 0.944 bits per heavy atom. The van der Waals surface area contributed by atoms with E-state index in [9.17, 15) is 0 Å². The Morgan fingerprint density at radius 3 is 2.28 bits per heavy atom. The fraction of sp³-hybridized carbons (Fsp3) is 0.250. The van der Waals surface area contributed by atoms with Gasteiger partial charge in [-0.25, -0.2) is 0 Å². The standard InChI is InChI=1S/C16H19NO/c1-18-16-10-4-8-14(12-16)6-2-5-13-7-3-9-15(17)11-13/h3-4,7-12H,2,5-6,17H2,1H3. The van der Waals surface area contributed by atoms with Crippen molar-refractivity contribution in [2.75, 3.05) is 12.8 Å². The van der Waals surface area contributed by atoms with Crippen molar-refractivity contribution in [1.82, 2.24) is 0 Å². The van der Waals surface area contributed by atoms with Gasteiger partial charge in [0.15, 0.2) is 0 Å². The van der Waals surface area contributed by atoms with E-state index in [0.29, 0.717) is 0 Å². The van der Waals surface area contributed by atoms with Gasteiger partial charge < -0.3 is 10.5 Å². The Morgan fingerprint density at radius 2 is 1.61 bits per heavy atom. The smallest absolute Gasteiger partial charge is 0.119 e. The highest BCUT2D eigenvalue weighted by atomic mass is 16.5. The summed E-state index contributed by atoms with van der Waals surface area (Å²) in [7, 11) is 1.70. The maximum absolute atomic E-state index is 5.76. The quantitative estimate of drug-likeness (QED) is 0.814. The van der Waals surface area contributed by atoms with Crippen LogP contribution in [0.2, 0.25) is 0 Å². The lowest BCUT2D eigenvalue weighted by atomic mass is 10.0. The number of anilines is 1. The van der Waals surface area contributed by atoms with Crippen LogP contribution in [0.25, 0.3) is 0 Å². The third-order valence-electron chi connectivity index (χ3n) is 3.02. The van der Waals surface area contributed by atoms with Gasteiger partial charge in [0.25, 0.3) is 0 Å². The molecule has 2 nitrogen and oxygen atoms in total. The zero-order chi connectivity index (χ0) is 12.8. The van der Waals surface area contributed by atoms with E-state index < -0.39 is 0 Å². The SMILES string of the molecule is COc1cccc(CCCc2cccc(N)c2)c1. The molecule has 2 heteroatoms. The van der Waals surface area contributed by atoms with Crippen LogP contribution in [0.5, 0.6) is 5.75 Å². The molecule has 0 saturated heterocycles. The second-order valence-corrected chi connectivity index (χ2v) is 4.45. The molecule has 0 spiro atoms. The van der Waals surface area contributed by atoms with Gasteiger partial charge in [-0.2, -0.15) is 0 Å². The Balaban J connectivity index is 1.88. The maximum Gasteiger partial charge on any atom is 0.119 e. The monoisotopic (exact) mass is 241 g/mol. The normalized spacial score (nSPS) is 10.3. The van der Waals surface area contributed by atoms with Gasteiger partial charge in [-0.05, 0) is 54.7 Å². The molecule has 18 heavy (non-hydrogen) atoms. The van der Waals surface area contributed by atoms with E-state index in [-0.39, 0.29) is 0 Å². The average Bonchev–Trinajstić information content (AvgIpc) is 2.39. The van der Waals surface area contributed by atoms with Crippen molar-refractivity contribution < 1.29 is 4.74 Å². The van der Waals surface area contributed by atoms with Gasteiger partial charge in [0.05, 0.1) is 7.11 Å². The van der Waals surface area contributed by atoms with Crippen LogP contribution in [0.4, 0.5) is 5.69 Å². The number of benzene rings is 2. The Bertz CT molecular complexity index is 508. The van der Waals surface area contributed by atoms with E-state index in [4.69, 9.17) is 10.5 Å². The predicted octanol–water partition coefficient (Wildman–Crippen LogP) is 3.45. The summed E-state index contributed by atoms with van der Waals surface area (Å²) in [5.74, 6) is 0.927. The third-order valence-corrected chi connectivity index (χ3v) is 3.02. The topological polar surface area (TPSA) is 35.2 Å². The lowest BCUT2D eigenvalue weighted by molar-refractivity contribution is 0.414. The molecule has 2 aromatic rings. The van der Waals surface area contributed by atoms with Gasteiger partial charge in [-0.15, -0.1) is 0 Å². The summed E-state index contributed by atoms with van der Waals surface area (Å²) in [6.07, 6.45) is 3.24. The summed E-state index contributed by atoms with van der Waals surface area (Å²) in [5, 5.41) is 0. The van der Waals surface area contributed by atoms with Crippen LogP contribution >= 0.6 is 0 Å². The summed E-state index contributed by atoms with van der Waals surface area (Å²) < 4.78 is 5.22. The lowest BCUT2D eigenvalue weighted by Gasteiger charge is -2.05. The molecule has 0 saturated carbocycles. The number of hydrogen-bond donors (Lipinski definition) is 1. The van der Waals surface area contributed by atoms with Gasteiger partial charge in [-0.3, -0.25) is 0 Å². The fourth-order valence-corrected chi connectivity index (χ4v) is 2.07. The van der Waals surface area contributed by atoms with Crippen LogP contribution in [0.1, 0.15) is 17.5 Å². The molecule has 0 aliphatic carbocycles. The van der Waals surface area contributed by atoms with Crippen molar-refractivity contribution in [3.63, 3.8) is 0 Å². The number of ether oxygens (including phenoxy) is 1. The second-order valence-electron chi connectivity index (χ2n) is 4.45. The molecule has 0 bridgehead atoms. The first-order chi connectivity index (χ1) is 8.78. The highest BCUT2D eigenvalue weighted by molar-refractivity contribution is 5.40. The van der Waals surface area contributed by atoms with Crippen molar-refractivity contribution in [3.8, 4) is 5.75 Å². The molecule has 0 radical (unpaired) electrons. The fourth-order valence-electron chi connectivity index (χ4n) is 2.07. The molecular weight excluding hydrogens is 222 g/mol. The Hall–Kier alpha value is -1.96. The lowest BCUT2D eigenvalue weighted by Crippen LogP contribution is -1.92. The summed E-state index contributed by atoms with van der Waals surface area (Å²) in [6.45, 7) is 0. The Labute approximate surface area is 108 Å². The van der Waals surface area contributed by atoms with E-state index in [0.717, 1.165) is 30.7 Å². The first-order valence-electron chi connectivity index (χ1n) is 6.25. The molecule has 0 atom stereocenters. The molecule has 0 unspecified atom stereocenters. The highest BCUT2D eigenvalue weighted by Crippen LogP contribution is 2.15. The molecule has 0 aliphatic rings. The molecule has 2 rings (SSSR count). The van der Waals surface area contributed by atoms with E-state index >= 15 is 0 Å². The van der Waals surface area contributed by atoms with E-state index in [1.807, 2.05) is 30.3 Å². The predicted molar refractivity (Wildman–Crippen MR) is 75.9 cm³/mol. The summed E-state index contributed by atoms with van der Waals surface area (Å²) >= 11 is 0. The minimum Gasteiger partial charge on any atom is -0.497 e. The number of rotatable bonds is 5. The van der Waals surface area contributed by atoms with Crippen LogP contribution < -0.4 is 10.5 Å². The van der Waals surface area contributed by atoms with Gasteiger partial charge in [-0.1, -0.05) is 24.3 Å². The molecule has 0 heterocycles. The Kier molecular flexibility index (Phi) is 4.24. The van der Waals surface area contributed by atoms with E-state index in [1.165, 1.54) is 11.1 Å². The van der Waals surface area contributed by atoms with Gasteiger partial charge in [0.1, 0.15) is 5.75 Å². The molecule has 0 aromatic heterocycles. The number of nitrogen functional groups attached to an aromatic ring is 1. The maximum atomic E-state index is 5.76. The van der Waals surface area contributed by atoms with Crippen molar-refractivity contribution in [3.05, 3.63) is 59.7 Å². The first kappa shape index (κ1) is 12.5. The molecule has 0 aliphatic heterocycles. The highest BCUT2D eigenvalue weighted by Gasteiger charge is 1.98. The first-order valence-corrected chi connectivity index (χ1v) is 6.25.